The minimum atomic E-state index is -0.449. The second-order valence-electron chi connectivity index (χ2n) is 6.16. The summed E-state index contributed by atoms with van der Waals surface area (Å²) >= 11 is 0. The molecule has 28 heavy (non-hydrogen) atoms. The molecule has 0 bridgehead atoms. The van der Waals surface area contributed by atoms with Crippen molar-refractivity contribution in [3.05, 3.63) is 36.4 Å². The van der Waals surface area contributed by atoms with Crippen LogP contribution in [0.1, 0.15) is 12.8 Å². The maximum absolute atomic E-state index is 12.5. The second kappa shape index (κ2) is 8.51. The highest BCUT2D eigenvalue weighted by molar-refractivity contribution is 6.02. The molecule has 0 spiro atoms. The average Bonchev–Trinajstić information content (AvgIpc) is 3.13. The molecule has 0 saturated carbocycles. The van der Waals surface area contributed by atoms with E-state index in [-0.39, 0.29) is 5.91 Å². The summed E-state index contributed by atoms with van der Waals surface area (Å²) in [7, 11) is 4.58. The Hall–Kier alpha value is -3.42. The van der Waals surface area contributed by atoms with Crippen LogP contribution in [0, 0.1) is 0 Å². The normalized spacial score (nSPS) is 13.2. The predicted molar refractivity (Wildman–Crippen MR) is 107 cm³/mol. The number of methoxy groups -OCH3 is 3. The van der Waals surface area contributed by atoms with E-state index in [1.54, 1.807) is 48.4 Å². The van der Waals surface area contributed by atoms with Gasteiger partial charge in [-0.3, -0.25) is 4.79 Å². The number of carbonyl (C=O) groups excluding carboxylic acids is 2. The molecule has 1 aliphatic rings. The van der Waals surface area contributed by atoms with Crippen LogP contribution in [0.25, 0.3) is 0 Å². The third-order valence-electron chi connectivity index (χ3n) is 4.45. The molecule has 8 nitrogen and oxygen atoms in total. The SMILES string of the molecule is COc1ccc(NC(=O)Nc2cccc(OC)c2OC)cc1N1CCCC1=O. The monoisotopic (exact) mass is 385 g/mol. The van der Waals surface area contributed by atoms with E-state index in [4.69, 9.17) is 14.2 Å². The van der Waals surface area contributed by atoms with Crippen molar-refractivity contribution in [2.45, 2.75) is 12.8 Å². The molecular weight excluding hydrogens is 362 g/mol. The van der Waals surface area contributed by atoms with Crippen LogP contribution in [0.5, 0.6) is 17.2 Å². The summed E-state index contributed by atoms with van der Waals surface area (Å²) < 4.78 is 15.9. The molecular formula is C20H23N3O5. The van der Waals surface area contributed by atoms with Crippen molar-refractivity contribution < 1.29 is 23.8 Å². The van der Waals surface area contributed by atoms with Crippen LogP contribution in [0.2, 0.25) is 0 Å². The first-order valence-electron chi connectivity index (χ1n) is 8.84. The third-order valence-corrected chi connectivity index (χ3v) is 4.45. The van der Waals surface area contributed by atoms with Gasteiger partial charge in [0.05, 0.1) is 32.7 Å². The lowest BCUT2D eigenvalue weighted by Crippen LogP contribution is -2.25. The van der Waals surface area contributed by atoms with Crippen LogP contribution < -0.4 is 29.7 Å². The van der Waals surface area contributed by atoms with Crippen molar-refractivity contribution in [2.24, 2.45) is 0 Å². The number of carbonyl (C=O) groups is 2. The van der Waals surface area contributed by atoms with E-state index in [2.05, 4.69) is 10.6 Å². The lowest BCUT2D eigenvalue weighted by atomic mass is 10.2. The summed E-state index contributed by atoms with van der Waals surface area (Å²) in [5.41, 5.74) is 1.65. The minimum absolute atomic E-state index is 0.0426. The number of hydrogen-bond acceptors (Lipinski definition) is 5. The van der Waals surface area contributed by atoms with E-state index in [0.717, 1.165) is 6.42 Å². The quantitative estimate of drug-likeness (QED) is 0.795. The topological polar surface area (TPSA) is 89.1 Å². The zero-order valence-electron chi connectivity index (χ0n) is 16.1. The molecule has 1 aliphatic heterocycles. The fourth-order valence-electron chi connectivity index (χ4n) is 3.15. The minimum Gasteiger partial charge on any atom is -0.495 e. The van der Waals surface area contributed by atoms with E-state index >= 15 is 0 Å². The number of rotatable bonds is 6. The standard InChI is InChI=1S/C20H23N3O5/c1-26-16-10-9-13(12-15(16)23-11-5-8-18(23)24)21-20(25)22-14-6-4-7-17(27-2)19(14)28-3/h4,6-7,9-10,12H,5,8,11H2,1-3H3,(H2,21,22,25). The summed E-state index contributed by atoms with van der Waals surface area (Å²) in [4.78, 5) is 26.2. The van der Waals surface area contributed by atoms with Gasteiger partial charge in [0, 0.05) is 18.7 Å². The lowest BCUT2D eigenvalue weighted by Gasteiger charge is -2.20. The number of urea groups is 1. The van der Waals surface area contributed by atoms with Crippen LogP contribution in [0.4, 0.5) is 21.9 Å². The summed E-state index contributed by atoms with van der Waals surface area (Å²) in [6.07, 6.45) is 1.31. The molecule has 0 unspecified atom stereocenters. The van der Waals surface area contributed by atoms with Crippen molar-refractivity contribution >= 4 is 29.0 Å². The van der Waals surface area contributed by atoms with Crippen molar-refractivity contribution in [3.63, 3.8) is 0 Å². The van der Waals surface area contributed by atoms with Crippen molar-refractivity contribution in [1.29, 1.82) is 0 Å². The van der Waals surface area contributed by atoms with Gasteiger partial charge >= 0.3 is 6.03 Å². The van der Waals surface area contributed by atoms with Crippen molar-refractivity contribution in [2.75, 3.05) is 43.4 Å². The maximum Gasteiger partial charge on any atom is 0.323 e. The smallest absolute Gasteiger partial charge is 0.323 e. The number of benzene rings is 2. The molecule has 0 aliphatic carbocycles. The Balaban J connectivity index is 1.79. The average molecular weight is 385 g/mol. The molecule has 8 heteroatoms. The summed E-state index contributed by atoms with van der Waals surface area (Å²) in [6.45, 7) is 0.631. The first kappa shape index (κ1) is 19.3. The summed E-state index contributed by atoms with van der Waals surface area (Å²) in [5, 5.41) is 5.51. The third kappa shape index (κ3) is 3.95. The molecule has 1 saturated heterocycles. The van der Waals surface area contributed by atoms with E-state index < -0.39 is 6.03 Å². The number of amides is 3. The van der Waals surface area contributed by atoms with Gasteiger partial charge in [0.1, 0.15) is 5.75 Å². The summed E-state index contributed by atoms with van der Waals surface area (Å²) in [6, 6.07) is 9.92. The first-order chi connectivity index (χ1) is 13.6. The fourth-order valence-corrected chi connectivity index (χ4v) is 3.15. The van der Waals surface area contributed by atoms with Crippen LogP contribution in [0.3, 0.4) is 0 Å². The number of para-hydroxylation sites is 1. The molecule has 1 fully saturated rings. The Bertz CT molecular complexity index is 884. The Labute approximate surface area is 163 Å². The highest BCUT2D eigenvalue weighted by Gasteiger charge is 2.25. The van der Waals surface area contributed by atoms with Crippen LogP contribution in [-0.2, 0) is 4.79 Å². The second-order valence-corrected chi connectivity index (χ2v) is 6.16. The van der Waals surface area contributed by atoms with E-state index in [9.17, 15) is 9.59 Å². The van der Waals surface area contributed by atoms with Crippen LogP contribution in [0.15, 0.2) is 36.4 Å². The largest absolute Gasteiger partial charge is 0.495 e. The van der Waals surface area contributed by atoms with Gasteiger partial charge in [0.2, 0.25) is 5.91 Å². The Kier molecular flexibility index (Phi) is 5.88. The number of hydrogen-bond donors (Lipinski definition) is 2. The van der Waals surface area contributed by atoms with Gasteiger partial charge in [-0.15, -0.1) is 0 Å². The highest BCUT2D eigenvalue weighted by atomic mass is 16.5. The van der Waals surface area contributed by atoms with Gasteiger partial charge in [-0.1, -0.05) is 6.07 Å². The Morgan fingerprint density at radius 2 is 1.79 bits per heavy atom. The molecule has 1 heterocycles. The lowest BCUT2D eigenvalue weighted by molar-refractivity contribution is -0.117. The predicted octanol–water partition coefficient (Wildman–Crippen LogP) is 3.48. The molecule has 0 atom stereocenters. The zero-order chi connectivity index (χ0) is 20.1. The maximum atomic E-state index is 12.5. The molecule has 3 rings (SSSR count). The van der Waals surface area contributed by atoms with Gasteiger partial charge in [-0.2, -0.15) is 0 Å². The molecule has 0 aromatic heterocycles. The van der Waals surface area contributed by atoms with Crippen LogP contribution >= 0.6 is 0 Å². The number of ether oxygens (including phenoxy) is 3. The fraction of sp³-hybridized carbons (Fsp3) is 0.300. The van der Waals surface area contributed by atoms with Gasteiger partial charge < -0.3 is 29.7 Å². The molecule has 148 valence electrons. The molecule has 3 amide bonds. The highest BCUT2D eigenvalue weighted by Crippen LogP contribution is 2.36. The van der Waals surface area contributed by atoms with Gasteiger partial charge in [-0.25, -0.2) is 4.79 Å². The van der Waals surface area contributed by atoms with Crippen molar-refractivity contribution in [3.8, 4) is 17.2 Å². The van der Waals surface area contributed by atoms with E-state index in [0.29, 0.717) is 47.3 Å². The first-order valence-corrected chi connectivity index (χ1v) is 8.84. The van der Waals surface area contributed by atoms with E-state index in [1.165, 1.54) is 14.2 Å². The zero-order valence-corrected chi connectivity index (χ0v) is 16.1. The van der Waals surface area contributed by atoms with E-state index in [1.807, 2.05) is 0 Å². The van der Waals surface area contributed by atoms with Crippen LogP contribution in [-0.4, -0.2) is 39.8 Å². The van der Waals surface area contributed by atoms with Gasteiger partial charge in [0.25, 0.3) is 0 Å². The number of anilines is 3. The molecule has 2 aromatic carbocycles. The summed E-state index contributed by atoms with van der Waals surface area (Å²) in [5.74, 6) is 1.56. The number of nitrogens with one attached hydrogen (secondary N) is 2. The Morgan fingerprint density at radius 3 is 2.43 bits per heavy atom. The molecule has 0 radical (unpaired) electrons. The number of nitrogens with zero attached hydrogens (tertiary/aromatic N) is 1. The molecule has 2 N–H and O–H groups in total. The van der Waals surface area contributed by atoms with Crippen molar-refractivity contribution in [1.82, 2.24) is 0 Å². The van der Waals surface area contributed by atoms with Gasteiger partial charge in [-0.05, 0) is 36.8 Å². The molecule has 2 aromatic rings. The Morgan fingerprint density at radius 1 is 1.00 bits per heavy atom. The van der Waals surface area contributed by atoms with Gasteiger partial charge in [0.15, 0.2) is 11.5 Å².